The van der Waals surface area contributed by atoms with Crippen LogP contribution in [0.3, 0.4) is 0 Å². The van der Waals surface area contributed by atoms with E-state index < -0.39 is 18.0 Å². The van der Waals surface area contributed by atoms with Crippen molar-refractivity contribution in [3.05, 3.63) is 59.1 Å². The quantitative estimate of drug-likeness (QED) is 0.573. The largest absolute Gasteiger partial charge is 0.497 e. The van der Waals surface area contributed by atoms with Crippen molar-refractivity contribution in [3.63, 3.8) is 0 Å². The number of benzene rings is 2. The second kappa shape index (κ2) is 9.64. The zero-order valence-electron chi connectivity index (χ0n) is 15.2. The molecule has 0 bridgehead atoms. The third-order valence-corrected chi connectivity index (χ3v) is 3.83. The van der Waals surface area contributed by atoms with Gasteiger partial charge in [0.2, 0.25) is 0 Å². The number of carbonyl (C=O) groups excluding carboxylic acids is 2. The van der Waals surface area contributed by atoms with Gasteiger partial charge in [-0.15, -0.1) is 0 Å². The van der Waals surface area contributed by atoms with Crippen molar-refractivity contribution in [2.45, 2.75) is 13.0 Å². The molecule has 0 aliphatic carbocycles. The number of ether oxygens (including phenoxy) is 3. The maximum absolute atomic E-state index is 12.1. The summed E-state index contributed by atoms with van der Waals surface area (Å²) in [4.78, 5) is 24.1. The summed E-state index contributed by atoms with van der Waals surface area (Å²) in [5, 5.41) is 3.13. The van der Waals surface area contributed by atoms with Gasteiger partial charge in [-0.05, 0) is 49.4 Å². The minimum absolute atomic E-state index is 0.460. The van der Waals surface area contributed by atoms with Crippen molar-refractivity contribution in [3.8, 4) is 11.5 Å². The van der Waals surface area contributed by atoms with E-state index in [-0.39, 0.29) is 0 Å². The Morgan fingerprint density at radius 2 is 1.89 bits per heavy atom. The molecule has 27 heavy (non-hydrogen) atoms. The predicted molar refractivity (Wildman–Crippen MR) is 104 cm³/mol. The topological polar surface area (TPSA) is 73.9 Å². The molecule has 1 atom stereocenters. The van der Waals surface area contributed by atoms with Crippen LogP contribution in [0.1, 0.15) is 12.5 Å². The number of esters is 1. The van der Waals surface area contributed by atoms with Gasteiger partial charge in [0.1, 0.15) is 11.5 Å². The van der Waals surface area contributed by atoms with E-state index in [0.717, 1.165) is 0 Å². The second-order valence-electron chi connectivity index (χ2n) is 5.52. The van der Waals surface area contributed by atoms with Crippen LogP contribution < -0.4 is 14.8 Å². The first kappa shape index (κ1) is 20.3. The first-order chi connectivity index (χ1) is 12.9. The highest BCUT2D eigenvalue weighted by atomic mass is 35.5. The lowest BCUT2D eigenvalue weighted by molar-refractivity contribution is -0.148. The van der Waals surface area contributed by atoms with Crippen LogP contribution in [0.15, 0.2) is 48.5 Å². The molecular formula is C20H20ClNO5. The summed E-state index contributed by atoms with van der Waals surface area (Å²) in [6.07, 6.45) is 1.78. The molecule has 0 saturated carbocycles. The van der Waals surface area contributed by atoms with Crippen molar-refractivity contribution in [1.82, 2.24) is 0 Å². The van der Waals surface area contributed by atoms with Crippen LogP contribution in [0.25, 0.3) is 6.08 Å². The van der Waals surface area contributed by atoms with Crippen molar-refractivity contribution < 1.29 is 23.8 Å². The van der Waals surface area contributed by atoms with Gasteiger partial charge in [-0.2, -0.15) is 0 Å². The van der Waals surface area contributed by atoms with Gasteiger partial charge in [-0.3, -0.25) is 4.79 Å². The number of hydrogen-bond acceptors (Lipinski definition) is 5. The highest BCUT2D eigenvalue weighted by Gasteiger charge is 2.17. The third-order valence-electron chi connectivity index (χ3n) is 3.59. The van der Waals surface area contributed by atoms with Gasteiger partial charge >= 0.3 is 5.97 Å². The van der Waals surface area contributed by atoms with Gasteiger partial charge in [-0.25, -0.2) is 4.79 Å². The summed E-state index contributed by atoms with van der Waals surface area (Å²) >= 11 is 5.87. The Labute approximate surface area is 162 Å². The van der Waals surface area contributed by atoms with E-state index in [4.69, 9.17) is 25.8 Å². The van der Waals surface area contributed by atoms with Crippen LogP contribution in [0, 0.1) is 0 Å². The van der Waals surface area contributed by atoms with E-state index in [1.54, 1.807) is 49.6 Å². The summed E-state index contributed by atoms with van der Waals surface area (Å²) < 4.78 is 15.5. The van der Waals surface area contributed by atoms with Crippen LogP contribution in [0.5, 0.6) is 11.5 Å². The molecule has 0 heterocycles. The van der Waals surface area contributed by atoms with Crippen molar-refractivity contribution in [2.75, 3.05) is 19.5 Å². The number of anilines is 1. The molecule has 0 aromatic heterocycles. The molecule has 7 heteroatoms. The molecule has 1 amide bonds. The second-order valence-corrected chi connectivity index (χ2v) is 5.96. The van der Waals surface area contributed by atoms with E-state index in [1.807, 2.05) is 0 Å². The van der Waals surface area contributed by atoms with Gasteiger partial charge in [0.15, 0.2) is 6.10 Å². The van der Waals surface area contributed by atoms with E-state index >= 15 is 0 Å². The van der Waals surface area contributed by atoms with Crippen molar-refractivity contribution in [1.29, 1.82) is 0 Å². The molecule has 0 aliphatic rings. The normalized spacial score (nSPS) is 11.7. The number of amides is 1. The molecule has 0 fully saturated rings. The monoisotopic (exact) mass is 389 g/mol. The molecule has 0 unspecified atom stereocenters. The van der Waals surface area contributed by atoms with E-state index in [2.05, 4.69) is 5.32 Å². The SMILES string of the molecule is COc1ccc(OC)c(/C=C/C(=O)O[C@H](C)C(=O)Nc2cccc(Cl)c2)c1. The molecule has 2 rings (SSSR count). The number of carbonyl (C=O) groups is 2. The van der Waals surface area contributed by atoms with Gasteiger partial charge in [0, 0.05) is 22.3 Å². The Morgan fingerprint density at radius 3 is 2.56 bits per heavy atom. The first-order valence-electron chi connectivity index (χ1n) is 8.10. The summed E-state index contributed by atoms with van der Waals surface area (Å²) in [5.41, 5.74) is 1.16. The zero-order valence-corrected chi connectivity index (χ0v) is 15.9. The number of hydrogen-bond donors (Lipinski definition) is 1. The molecule has 2 aromatic carbocycles. The van der Waals surface area contributed by atoms with E-state index in [9.17, 15) is 9.59 Å². The fourth-order valence-electron chi connectivity index (χ4n) is 2.20. The van der Waals surface area contributed by atoms with Gasteiger partial charge < -0.3 is 19.5 Å². The van der Waals surface area contributed by atoms with Crippen LogP contribution in [0.4, 0.5) is 5.69 Å². The van der Waals surface area contributed by atoms with Crippen LogP contribution in [-0.4, -0.2) is 32.2 Å². The van der Waals surface area contributed by atoms with Gasteiger partial charge in [0.25, 0.3) is 5.91 Å². The Kier molecular flexibility index (Phi) is 7.25. The molecule has 0 aliphatic heterocycles. The first-order valence-corrected chi connectivity index (χ1v) is 8.48. The highest BCUT2D eigenvalue weighted by molar-refractivity contribution is 6.30. The maximum Gasteiger partial charge on any atom is 0.331 e. The zero-order chi connectivity index (χ0) is 19.8. The minimum Gasteiger partial charge on any atom is -0.497 e. The Bertz CT molecular complexity index is 850. The number of halogens is 1. The number of nitrogens with one attached hydrogen (secondary N) is 1. The van der Waals surface area contributed by atoms with Gasteiger partial charge in [0.05, 0.1) is 14.2 Å². The molecule has 0 spiro atoms. The molecule has 0 saturated heterocycles. The van der Waals surface area contributed by atoms with Crippen LogP contribution in [0.2, 0.25) is 5.02 Å². The van der Waals surface area contributed by atoms with Crippen LogP contribution >= 0.6 is 11.6 Å². The lowest BCUT2D eigenvalue weighted by Gasteiger charge is -2.12. The molecule has 1 N–H and O–H groups in total. The summed E-state index contributed by atoms with van der Waals surface area (Å²) in [6.45, 7) is 1.48. The van der Waals surface area contributed by atoms with Crippen LogP contribution in [-0.2, 0) is 14.3 Å². The maximum atomic E-state index is 12.1. The van der Waals surface area contributed by atoms with E-state index in [0.29, 0.717) is 27.8 Å². The molecule has 2 aromatic rings. The minimum atomic E-state index is -0.978. The fraction of sp³-hybridized carbons (Fsp3) is 0.200. The summed E-state index contributed by atoms with van der Waals surface area (Å²) in [7, 11) is 3.07. The van der Waals surface area contributed by atoms with E-state index in [1.165, 1.54) is 26.2 Å². The highest BCUT2D eigenvalue weighted by Crippen LogP contribution is 2.25. The van der Waals surface area contributed by atoms with Crippen molar-refractivity contribution >= 4 is 35.2 Å². The fourth-order valence-corrected chi connectivity index (χ4v) is 2.39. The smallest absolute Gasteiger partial charge is 0.331 e. The molecule has 0 radical (unpaired) electrons. The lowest BCUT2D eigenvalue weighted by Crippen LogP contribution is -2.29. The Morgan fingerprint density at radius 1 is 1.11 bits per heavy atom. The summed E-state index contributed by atoms with van der Waals surface area (Å²) in [5.74, 6) is 0.0799. The average molecular weight is 390 g/mol. The third kappa shape index (κ3) is 6.04. The Balaban J connectivity index is 1.98. The summed E-state index contributed by atoms with van der Waals surface area (Å²) in [6, 6.07) is 11.9. The Hall–Kier alpha value is -2.99. The standard InChI is InChI=1S/C20H20ClNO5/c1-13(20(24)22-16-6-4-5-15(21)12-16)27-19(23)10-7-14-11-17(25-2)8-9-18(14)26-3/h4-13H,1-3H3,(H,22,24)/b10-7+/t13-/m1/s1. The number of methoxy groups -OCH3 is 2. The number of rotatable bonds is 7. The lowest BCUT2D eigenvalue weighted by atomic mass is 10.1. The molecule has 6 nitrogen and oxygen atoms in total. The average Bonchev–Trinajstić information content (AvgIpc) is 2.66. The molecular weight excluding hydrogens is 370 g/mol. The predicted octanol–water partition coefficient (Wildman–Crippen LogP) is 3.94. The molecule has 142 valence electrons. The van der Waals surface area contributed by atoms with Crippen molar-refractivity contribution in [2.24, 2.45) is 0 Å². The van der Waals surface area contributed by atoms with Gasteiger partial charge in [-0.1, -0.05) is 17.7 Å².